The number of carbonyl (C=O) groups is 1. The van der Waals surface area contributed by atoms with Crippen molar-refractivity contribution in [2.75, 3.05) is 6.54 Å². The molecule has 0 atom stereocenters. The van der Waals surface area contributed by atoms with Crippen molar-refractivity contribution in [1.29, 1.82) is 0 Å². The Kier molecular flexibility index (Phi) is 5.48. The van der Waals surface area contributed by atoms with Crippen molar-refractivity contribution in [3.63, 3.8) is 0 Å². The Hall–Kier alpha value is -2.81. The van der Waals surface area contributed by atoms with E-state index in [9.17, 15) is 14.9 Å². The molecule has 25 heavy (non-hydrogen) atoms. The van der Waals surface area contributed by atoms with E-state index >= 15 is 0 Å². The highest BCUT2D eigenvalue weighted by Gasteiger charge is 2.24. The molecular weight excluding hydrogens is 324 g/mol. The number of nitrogens with one attached hydrogen (secondary N) is 1. The molecule has 0 saturated heterocycles. The van der Waals surface area contributed by atoms with Gasteiger partial charge in [-0.25, -0.2) is 4.68 Å². The Morgan fingerprint density at radius 2 is 2.08 bits per heavy atom. The molecule has 3 N–H and O–H groups in total. The van der Waals surface area contributed by atoms with Gasteiger partial charge in [-0.05, 0) is 25.8 Å². The van der Waals surface area contributed by atoms with Gasteiger partial charge in [0.05, 0.1) is 16.3 Å². The van der Waals surface area contributed by atoms with Crippen LogP contribution in [-0.2, 0) is 0 Å². The number of rotatable bonds is 7. The minimum absolute atomic E-state index is 0.0581. The summed E-state index contributed by atoms with van der Waals surface area (Å²) in [6, 6.07) is 5.98. The summed E-state index contributed by atoms with van der Waals surface area (Å²) in [5, 5.41) is 21.5. The standard InChI is InChI=1S/C16H22N6O3/c1-4-16(17,5-2)10-18-15(23)14-11(3)21(20-19-14)12-7-6-8-13(9-12)22(24)25/h6-9H,4-5,10,17H2,1-3H3,(H,18,23). The number of hydrogen-bond donors (Lipinski definition) is 2. The number of nitrogens with zero attached hydrogens (tertiary/aromatic N) is 4. The predicted octanol–water partition coefficient (Wildman–Crippen LogP) is 1.73. The Balaban J connectivity index is 2.22. The predicted molar refractivity (Wildman–Crippen MR) is 92.6 cm³/mol. The van der Waals surface area contributed by atoms with Crippen molar-refractivity contribution in [3.8, 4) is 5.69 Å². The molecule has 0 spiro atoms. The zero-order chi connectivity index (χ0) is 18.6. The zero-order valence-electron chi connectivity index (χ0n) is 14.5. The molecule has 0 aliphatic rings. The van der Waals surface area contributed by atoms with E-state index in [1.807, 2.05) is 13.8 Å². The lowest BCUT2D eigenvalue weighted by Crippen LogP contribution is -2.49. The average molecular weight is 346 g/mol. The molecule has 0 radical (unpaired) electrons. The van der Waals surface area contributed by atoms with Crippen LogP contribution in [0.3, 0.4) is 0 Å². The first kappa shape index (κ1) is 18.5. The molecule has 0 aliphatic heterocycles. The van der Waals surface area contributed by atoms with Crippen molar-refractivity contribution >= 4 is 11.6 Å². The van der Waals surface area contributed by atoms with Gasteiger partial charge in [-0.1, -0.05) is 25.1 Å². The van der Waals surface area contributed by atoms with Crippen LogP contribution in [0.15, 0.2) is 24.3 Å². The molecule has 0 saturated carbocycles. The van der Waals surface area contributed by atoms with E-state index in [1.165, 1.54) is 16.8 Å². The first-order valence-electron chi connectivity index (χ1n) is 8.05. The molecule has 0 unspecified atom stereocenters. The van der Waals surface area contributed by atoms with Gasteiger partial charge in [-0.15, -0.1) is 5.10 Å². The lowest BCUT2D eigenvalue weighted by Gasteiger charge is -2.26. The SMILES string of the molecule is CCC(N)(CC)CNC(=O)c1nnn(-c2cccc([N+](=O)[O-])c2)c1C. The Bertz CT molecular complexity index is 782. The Morgan fingerprint density at radius 3 is 2.68 bits per heavy atom. The first-order chi connectivity index (χ1) is 11.8. The highest BCUT2D eigenvalue weighted by Crippen LogP contribution is 2.18. The van der Waals surface area contributed by atoms with Crippen molar-refractivity contribution in [1.82, 2.24) is 20.3 Å². The third-order valence-electron chi connectivity index (χ3n) is 4.40. The number of amides is 1. The maximum absolute atomic E-state index is 12.4. The van der Waals surface area contributed by atoms with Crippen LogP contribution < -0.4 is 11.1 Å². The number of non-ortho nitro benzene ring substituents is 1. The molecule has 9 nitrogen and oxygen atoms in total. The quantitative estimate of drug-likeness (QED) is 0.580. The lowest BCUT2D eigenvalue weighted by molar-refractivity contribution is -0.384. The van der Waals surface area contributed by atoms with E-state index in [0.29, 0.717) is 17.9 Å². The third-order valence-corrected chi connectivity index (χ3v) is 4.40. The molecule has 0 aliphatic carbocycles. The summed E-state index contributed by atoms with van der Waals surface area (Å²) in [5.41, 5.74) is 6.79. The number of nitro groups is 1. The highest BCUT2D eigenvalue weighted by molar-refractivity contribution is 5.93. The maximum Gasteiger partial charge on any atom is 0.273 e. The minimum Gasteiger partial charge on any atom is -0.349 e. The van der Waals surface area contributed by atoms with Gasteiger partial charge in [0.1, 0.15) is 0 Å². The van der Waals surface area contributed by atoms with Crippen LogP contribution in [0.25, 0.3) is 5.69 Å². The topological polar surface area (TPSA) is 129 Å². The molecule has 1 heterocycles. The van der Waals surface area contributed by atoms with E-state index in [0.717, 1.165) is 12.8 Å². The average Bonchev–Trinajstić information content (AvgIpc) is 3.01. The molecule has 134 valence electrons. The van der Waals surface area contributed by atoms with Crippen molar-refractivity contribution in [3.05, 3.63) is 45.8 Å². The second kappa shape index (κ2) is 7.39. The van der Waals surface area contributed by atoms with Gasteiger partial charge in [0.2, 0.25) is 0 Å². The van der Waals surface area contributed by atoms with Crippen molar-refractivity contribution in [2.24, 2.45) is 5.73 Å². The molecule has 1 amide bonds. The van der Waals surface area contributed by atoms with Gasteiger partial charge in [0, 0.05) is 24.2 Å². The molecule has 9 heteroatoms. The van der Waals surface area contributed by atoms with Crippen LogP contribution in [0.4, 0.5) is 5.69 Å². The molecule has 2 aromatic rings. The maximum atomic E-state index is 12.4. The van der Waals surface area contributed by atoms with Gasteiger partial charge in [-0.3, -0.25) is 14.9 Å². The third kappa shape index (κ3) is 4.00. The van der Waals surface area contributed by atoms with Gasteiger partial charge in [0.25, 0.3) is 11.6 Å². The molecule has 1 aromatic carbocycles. The summed E-state index contributed by atoms with van der Waals surface area (Å²) in [4.78, 5) is 22.8. The second-order valence-electron chi connectivity index (χ2n) is 5.96. The largest absolute Gasteiger partial charge is 0.349 e. The molecular formula is C16H22N6O3. The second-order valence-corrected chi connectivity index (χ2v) is 5.96. The van der Waals surface area contributed by atoms with E-state index in [-0.39, 0.29) is 17.3 Å². The summed E-state index contributed by atoms with van der Waals surface area (Å²) in [6.07, 6.45) is 1.48. The van der Waals surface area contributed by atoms with Crippen LogP contribution >= 0.6 is 0 Å². The van der Waals surface area contributed by atoms with Crippen LogP contribution in [0.1, 0.15) is 42.9 Å². The van der Waals surface area contributed by atoms with Gasteiger partial charge < -0.3 is 11.1 Å². The summed E-state index contributed by atoms with van der Waals surface area (Å²) >= 11 is 0. The van der Waals surface area contributed by atoms with Crippen LogP contribution in [0.5, 0.6) is 0 Å². The summed E-state index contributed by atoms with van der Waals surface area (Å²) < 4.78 is 1.40. The van der Waals surface area contributed by atoms with Crippen LogP contribution in [0.2, 0.25) is 0 Å². The molecule has 1 aromatic heterocycles. The van der Waals surface area contributed by atoms with Crippen molar-refractivity contribution < 1.29 is 9.72 Å². The Labute approximate surface area is 145 Å². The summed E-state index contributed by atoms with van der Waals surface area (Å²) in [7, 11) is 0. The van der Waals surface area contributed by atoms with Gasteiger partial charge >= 0.3 is 0 Å². The number of hydrogen-bond acceptors (Lipinski definition) is 6. The number of nitrogens with two attached hydrogens (primary N) is 1. The lowest BCUT2D eigenvalue weighted by atomic mass is 9.94. The number of aromatic nitrogens is 3. The Morgan fingerprint density at radius 1 is 1.40 bits per heavy atom. The van der Waals surface area contributed by atoms with Crippen molar-refractivity contribution in [2.45, 2.75) is 39.2 Å². The van der Waals surface area contributed by atoms with E-state index in [4.69, 9.17) is 5.73 Å². The number of nitro benzene ring substituents is 1. The van der Waals surface area contributed by atoms with Crippen LogP contribution in [-0.4, -0.2) is 37.9 Å². The fraction of sp³-hybridized carbons (Fsp3) is 0.438. The smallest absolute Gasteiger partial charge is 0.273 e. The van der Waals surface area contributed by atoms with Gasteiger partial charge in [-0.2, -0.15) is 0 Å². The number of benzene rings is 1. The van der Waals surface area contributed by atoms with Gasteiger partial charge in [0.15, 0.2) is 5.69 Å². The molecule has 0 bridgehead atoms. The summed E-state index contributed by atoms with van der Waals surface area (Å²) in [5.74, 6) is -0.370. The fourth-order valence-electron chi connectivity index (χ4n) is 2.36. The monoisotopic (exact) mass is 346 g/mol. The summed E-state index contributed by atoms with van der Waals surface area (Å²) in [6.45, 7) is 5.96. The normalized spacial score (nSPS) is 11.4. The highest BCUT2D eigenvalue weighted by atomic mass is 16.6. The first-order valence-corrected chi connectivity index (χ1v) is 8.05. The zero-order valence-corrected chi connectivity index (χ0v) is 14.5. The molecule has 2 rings (SSSR count). The number of carbonyl (C=O) groups excluding carboxylic acids is 1. The van der Waals surface area contributed by atoms with E-state index in [2.05, 4.69) is 15.6 Å². The van der Waals surface area contributed by atoms with Crippen LogP contribution in [0, 0.1) is 17.0 Å². The van der Waals surface area contributed by atoms with E-state index in [1.54, 1.807) is 19.1 Å². The fourth-order valence-corrected chi connectivity index (χ4v) is 2.36. The molecule has 0 fully saturated rings. The minimum atomic E-state index is -0.486. The van der Waals surface area contributed by atoms with E-state index < -0.39 is 10.5 Å².